The Kier molecular flexibility index (Phi) is 5.71. The molecule has 2 aliphatic heterocycles. The molecule has 2 aromatic rings. The van der Waals surface area contributed by atoms with Gasteiger partial charge in [-0.2, -0.15) is 0 Å². The van der Waals surface area contributed by atoms with Gasteiger partial charge in [-0.3, -0.25) is 14.5 Å². The van der Waals surface area contributed by atoms with Crippen LogP contribution in [0.1, 0.15) is 41.7 Å². The number of amides is 2. The summed E-state index contributed by atoms with van der Waals surface area (Å²) in [5.41, 5.74) is 6.07. The van der Waals surface area contributed by atoms with E-state index >= 15 is 0 Å². The first-order valence-electron chi connectivity index (χ1n) is 10.9. The molecule has 1 saturated heterocycles. The van der Waals surface area contributed by atoms with Crippen LogP contribution >= 0.6 is 0 Å². The number of hydrogen-bond acceptors (Lipinski definition) is 4. The van der Waals surface area contributed by atoms with Crippen molar-refractivity contribution in [3.05, 3.63) is 76.0 Å². The van der Waals surface area contributed by atoms with Gasteiger partial charge in [0.1, 0.15) is 5.70 Å². The topological polar surface area (TPSA) is 49.9 Å². The summed E-state index contributed by atoms with van der Waals surface area (Å²) in [6.45, 7) is 11.5. The van der Waals surface area contributed by atoms with E-state index in [2.05, 4.69) is 6.07 Å². The molecule has 2 unspecified atom stereocenters. The van der Waals surface area contributed by atoms with E-state index in [-0.39, 0.29) is 30.6 Å². The van der Waals surface area contributed by atoms with Gasteiger partial charge in [-0.25, -0.2) is 0 Å². The van der Waals surface area contributed by atoms with Crippen LogP contribution in [0.5, 0.6) is 0 Å². The summed E-state index contributed by atoms with van der Waals surface area (Å²) in [7, 11) is 0. The molecule has 0 spiro atoms. The summed E-state index contributed by atoms with van der Waals surface area (Å²) in [6, 6.07) is 14.0. The molecule has 0 aliphatic carbocycles. The third-order valence-corrected chi connectivity index (χ3v) is 5.99. The van der Waals surface area contributed by atoms with Gasteiger partial charge in [0.25, 0.3) is 11.8 Å². The van der Waals surface area contributed by atoms with Gasteiger partial charge in [0, 0.05) is 13.1 Å². The second kappa shape index (κ2) is 8.31. The quantitative estimate of drug-likeness (QED) is 0.705. The molecule has 1 fully saturated rings. The van der Waals surface area contributed by atoms with Crippen molar-refractivity contribution < 1.29 is 14.3 Å². The van der Waals surface area contributed by atoms with Gasteiger partial charge in [-0.05, 0) is 51.3 Å². The maximum absolute atomic E-state index is 13.6. The van der Waals surface area contributed by atoms with Crippen molar-refractivity contribution in [1.82, 2.24) is 9.80 Å². The Morgan fingerprint density at radius 3 is 2.10 bits per heavy atom. The number of morpholine rings is 1. The predicted octanol–water partition coefficient (Wildman–Crippen LogP) is 4.00. The zero-order valence-electron chi connectivity index (χ0n) is 18.9. The van der Waals surface area contributed by atoms with Crippen LogP contribution in [-0.4, -0.2) is 46.9 Å². The fourth-order valence-electron chi connectivity index (χ4n) is 4.57. The Morgan fingerprint density at radius 1 is 0.871 bits per heavy atom. The summed E-state index contributed by atoms with van der Waals surface area (Å²) in [5.74, 6) is -0.443. The molecular weight excluding hydrogens is 388 g/mol. The van der Waals surface area contributed by atoms with E-state index < -0.39 is 0 Å². The van der Waals surface area contributed by atoms with Crippen molar-refractivity contribution in [3.63, 3.8) is 0 Å². The van der Waals surface area contributed by atoms with E-state index in [1.807, 2.05) is 75.9 Å². The molecule has 0 saturated carbocycles. The first-order valence-corrected chi connectivity index (χ1v) is 10.9. The highest BCUT2D eigenvalue weighted by Gasteiger charge is 2.43. The minimum absolute atomic E-state index is 0.00864. The van der Waals surface area contributed by atoms with E-state index in [1.54, 1.807) is 0 Å². The molecule has 2 heterocycles. The Bertz CT molecular complexity index is 1040. The summed E-state index contributed by atoms with van der Waals surface area (Å²) in [4.78, 5) is 30.7. The van der Waals surface area contributed by atoms with Crippen LogP contribution in [0.25, 0.3) is 5.57 Å². The fourth-order valence-corrected chi connectivity index (χ4v) is 4.57. The lowest BCUT2D eigenvalue weighted by atomic mass is 9.97. The van der Waals surface area contributed by atoms with E-state index in [0.717, 1.165) is 27.8 Å². The minimum atomic E-state index is -0.223. The molecule has 5 heteroatoms. The molecule has 0 bridgehead atoms. The van der Waals surface area contributed by atoms with Crippen molar-refractivity contribution >= 4 is 17.4 Å². The van der Waals surface area contributed by atoms with Crippen LogP contribution in [0.4, 0.5) is 0 Å². The molecule has 4 rings (SSSR count). The lowest BCUT2D eigenvalue weighted by Gasteiger charge is -2.37. The second-order valence-electron chi connectivity index (χ2n) is 8.89. The molecule has 5 nitrogen and oxygen atoms in total. The van der Waals surface area contributed by atoms with Crippen molar-refractivity contribution in [1.29, 1.82) is 0 Å². The minimum Gasteiger partial charge on any atom is -0.372 e. The van der Waals surface area contributed by atoms with Gasteiger partial charge in [0.05, 0.1) is 24.3 Å². The number of imide groups is 1. The van der Waals surface area contributed by atoms with Crippen LogP contribution in [0.15, 0.2) is 48.2 Å². The summed E-state index contributed by atoms with van der Waals surface area (Å²) >= 11 is 0. The number of rotatable bonds is 4. The SMILES string of the molecule is Cc1ccc(CN2C(=O)C(c3ccc(C)cc3C)=C(N3CC(C)OC(C)C3)C2=O)cc1. The number of benzene rings is 2. The van der Waals surface area contributed by atoms with Crippen LogP contribution in [0, 0.1) is 20.8 Å². The number of carbonyl (C=O) groups is 2. The van der Waals surface area contributed by atoms with E-state index in [4.69, 9.17) is 4.74 Å². The summed E-state index contributed by atoms with van der Waals surface area (Å²) < 4.78 is 5.88. The van der Waals surface area contributed by atoms with Crippen LogP contribution < -0.4 is 0 Å². The van der Waals surface area contributed by atoms with E-state index in [0.29, 0.717) is 24.4 Å². The number of aryl methyl sites for hydroxylation is 3. The molecular formula is C26H30N2O3. The van der Waals surface area contributed by atoms with Gasteiger partial charge in [-0.15, -0.1) is 0 Å². The number of ether oxygens (including phenoxy) is 1. The molecule has 31 heavy (non-hydrogen) atoms. The molecule has 2 amide bonds. The predicted molar refractivity (Wildman–Crippen MR) is 121 cm³/mol. The van der Waals surface area contributed by atoms with Crippen LogP contribution in [0.2, 0.25) is 0 Å². The standard InChI is InChI=1S/C26H30N2O3/c1-16-6-9-21(10-7-16)15-28-25(29)23(22-11-8-17(2)12-18(22)3)24(26(28)30)27-13-19(4)31-20(5)14-27/h6-12,19-20H,13-15H2,1-5H3. The molecule has 0 aromatic heterocycles. The monoisotopic (exact) mass is 418 g/mol. The maximum Gasteiger partial charge on any atom is 0.278 e. The molecule has 2 aliphatic rings. The van der Waals surface area contributed by atoms with Gasteiger partial charge in [0.2, 0.25) is 0 Å². The first-order chi connectivity index (χ1) is 14.7. The van der Waals surface area contributed by atoms with Gasteiger partial charge >= 0.3 is 0 Å². The highest BCUT2D eigenvalue weighted by molar-refractivity contribution is 6.35. The largest absolute Gasteiger partial charge is 0.372 e. The zero-order valence-corrected chi connectivity index (χ0v) is 18.9. The van der Waals surface area contributed by atoms with E-state index in [9.17, 15) is 9.59 Å². The Morgan fingerprint density at radius 2 is 1.48 bits per heavy atom. The van der Waals surface area contributed by atoms with Crippen molar-refractivity contribution in [2.45, 2.75) is 53.4 Å². The normalized spacial score (nSPS) is 22.0. The molecule has 162 valence electrons. The van der Waals surface area contributed by atoms with Gasteiger partial charge < -0.3 is 9.64 Å². The first kappa shape index (κ1) is 21.3. The van der Waals surface area contributed by atoms with E-state index in [1.165, 1.54) is 4.90 Å². The molecule has 2 aromatic carbocycles. The maximum atomic E-state index is 13.6. The van der Waals surface area contributed by atoms with Gasteiger partial charge in [-0.1, -0.05) is 53.6 Å². The molecule has 2 atom stereocenters. The molecule has 0 N–H and O–H groups in total. The lowest BCUT2D eigenvalue weighted by molar-refractivity contribution is -0.139. The van der Waals surface area contributed by atoms with Crippen molar-refractivity contribution in [3.8, 4) is 0 Å². The van der Waals surface area contributed by atoms with Gasteiger partial charge in [0.15, 0.2) is 0 Å². The summed E-state index contributed by atoms with van der Waals surface area (Å²) in [5, 5.41) is 0. The second-order valence-corrected chi connectivity index (χ2v) is 8.89. The Hall–Kier alpha value is -2.92. The molecule has 0 radical (unpaired) electrons. The highest BCUT2D eigenvalue weighted by atomic mass is 16.5. The number of hydrogen-bond donors (Lipinski definition) is 0. The fraction of sp³-hybridized carbons (Fsp3) is 0.385. The van der Waals surface area contributed by atoms with Crippen LogP contribution in [-0.2, 0) is 20.9 Å². The Labute approximate surface area is 184 Å². The lowest BCUT2D eigenvalue weighted by Crippen LogP contribution is -2.46. The highest BCUT2D eigenvalue weighted by Crippen LogP contribution is 2.35. The zero-order chi connectivity index (χ0) is 22.3. The average molecular weight is 419 g/mol. The van der Waals surface area contributed by atoms with Crippen molar-refractivity contribution in [2.24, 2.45) is 0 Å². The number of carbonyl (C=O) groups excluding carboxylic acids is 2. The third-order valence-electron chi connectivity index (χ3n) is 5.99. The smallest absolute Gasteiger partial charge is 0.278 e. The van der Waals surface area contributed by atoms with Crippen molar-refractivity contribution in [2.75, 3.05) is 13.1 Å². The number of nitrogens with zero attached hydrogens (tertiary/aromatic N) is 2. The third kappa shape index (κ3) is 4.15. The summed E-state index contributed by atoms with van der Waals surface area (Å²) in [6.07, 6.45) is -0.0173. The average Bonchev–Trinajstić information content (AvgIpc) is 2.93. The Balaban J connectivity index is 1.78. The van der Waals surface area contributed by atoms with Crippen LogP contribution in [0.3, 0.4) is 0 Å².